The lowest BCUT2D eigenvalue weighted by Gasteiger charge is -2.25. The lowest BCUT2D eigenvalue weighted by atomic mass is 9.99. The predicted octanol–water partition coefficient (Wildman–Crippen LogP) is 14.1. The molecule has 1 rings (SSSR count). The molecule has 0 aromatic carbocycles. The van der Waals surface area contributed by atoms with Crippen LogP contribution in [-0.2, 0) is 14.2 Å². The van der Waals surface area contributed by atoms with Crippen molar-refractivity contribution in [1.82, 2.24) is 0 Å². The van der Waals surface area contributed by atoms with Crippen molar-refractivity contribution in [2.45, 2.75) is 213 Å². The molecule has 268 valence electrons. The normalized spacial score (nSPS) is 21.2. The van der Waals surface area contributed by atoms with Crippen LogP contribution in [0.2, 0.25) is 0 Å². The summed E-state index contributed by atoms with van der Waals surface area (Å²) in [6.07, 6.45) is 50.3. The van der Waals surface area contributed by atoms with Crippen molar-refractivity contribution in [2.24, 2.45) is 5.92 Å². The quantitative estimate of drug-likeness (QED) is 0.0540. The van der Waals surface area contributed by atoms with Crippen LogP contribution in [-0.4, -0.2) is 24.8 Å². The molecule has 46 heavy (non-hydrogen) atoms. The van der Waals surface area contributed by atoms with Crippen molar-refractivity contribution in [3.63, 3.8) is 0 Å². The fourth-order valence-electron chi connectivity index (χ4n) is 6.01. The third-order valence-electron chi connectivity index (χ3n) is 9.35. The molecule has 0 aromatic rings. The van der Waals surface area contributed by atoms with Crippen LogP contribution in [0.4, 0.5) is 0 Å². The summed E-state index contributed by atoms with van der Waals surface area (Å²) >= 11 is 0. The second-order valence-corrected chi connectivity index (χ2v) is 14.0. The molecule has 0 amide bonds. The van der Waals surface area contributed by atoms with Gasteiger partial charge in [-0.15, -0.1) is 0 Å². The zero-order valence-corrected chi connectivity index (χ0v) is 31.5. The molecule has 1 aliphatic rings. The second-order valence-electron chi connectivity index (χ2n) is 14.0. The van der Waals surface area contributed by atoms with Gasteiger partial charge < -0.3 is 14.2 Å². The highest BCUT2D eigenvalue weighted by Crippen LogP contribution is 2.35. The maximum absolute atomic E-state index is 6.48. The minimum absolute atomic E-state index is 0.158. The SMILES string of the molecule is CCCCC/C=C\C/C=C\CCCCCCCC1OC(C)(OCC(C)CC)OC1CCCCCCC/C=C\C/C=C\CCCCC. The monoisotopic (exact) mass is 643 g/mol. The van der Waals surface area contributed by atoms with Crippen LogP contribution in [0.15, 0.2) is 48.6 Å². The topological polar surface area (TPSA) is 27.7 Å². The van der Waals surface area contributed by atoms with Gasteiger partial charge >= 0.3 is 0 Å². The average Bonchev–Trinajstić information content (AvgIpc) is 3.38. The molecule has 3 atom stereocenters. The molecule has 0 N–H and O–H groups in total. The number of hydrogen-bond acceptors (Lipinski definition) is 3. The van der Waals surface area contributed by atoms with E-state index in [0.29, 0.717) is 12.5 Å². The van der Waals surface area contributed by atoms with E-state index in [-0.39, 0.29) is 12.2 Å². The highest BCUT2D eigenvalue weighted by atomic mass is 16.9. The van der Waals surface area contributed by atoms with Crippen molar-refractivity contribution >= 4 is 0 Å². The molecule has 0 saturated carbocycles. The number of rotatable bonds is 32. The van der Waals surface area contributed by atoms with Gasteiger partial charge in [-0.1, -0.05) is 160 Å². The Hall–Kier alpha value is -1.16. The summed E-state index contributed by atoms with van der Waals surface area (Å²) in [4.78, 5) is 0. The molecular weight excluding hydrogens is 564 g/mol. The Morgan fingerprint density at radius 1 is 0.522 bits per heavy atom. The van der Waals surface area contributed by atoms with Crippen LogP contribution in [0.3, 0.4) is 0 Å². The molecular formula is C43H78O3. The van der Waals surface area contributed by atoms with E-state index in [1.165, 1.54) is 128 Å². The molecule has 1 heterocycles. The molecule has 0 aliphatic carbocycles. The summed E-state index contributed by atoms with van der Waals surface area (Å²) in [5.41, 5.74) is 0. The standard InChI is InChI=1S/C43H78O3/c1-6-9-11-13-15-17-19-21-23-25-27-29-31-33-35-37-41-42(46-43(5,45-41)44-39-40(4)8-3)38-36-34-32-30-28-26-24-22-20-18-16-14-12-10-7-2/h15-18,21-24,40-42H,6-14,19-20,25-39H2,1-5H3/b17-15-,18-16-,23-21-,24-22-. The number of allylic oxidation sites excluding steroid dienone is 8. The van der Waals surface area contributed by atoms with Crippen molar-refractivity contribution in [2.75, 3.05) is 6.61 Å². The van der Waals surface area contributed by atoms with E-state index in [9.17, 15) is 0 Å². The third kappa shape index (κ3) is 24.9. The van der Waals surface area contributed by atoms with E-state index < -0.39 is 5.97 Å². The molecule has 3 heteroatoms. The third-order valence-corrected chi connectivity index (χ3v) is 9.35. The van der Waals surface area contributed by atoms with Crippen molar-refractivity contribution in [1.29, 1.82) is 0 Å². The lowest BCUT2D eigenvalue weighted by Crippen LogP contribution is -2.32. The van der Waals surface area contributed by atoms with Gasteiger partial charge in [-0.25, -0.2) is 0 Å². The Kier molecular flexibility index (Phi) is 29.0. The van der Waals surface area contributed by atoms with Crippen molar-refractivity contribution in [3.05, 3.63) is 48.6 Å². The van der Waals surface area contributed by atoms with E-state index in [0.717, 1.165) is 32.1 Å². The van der Waals surface area contributed by atoms with E-state index in [4.69, 9.17) is 14.2 Å². The first-order chi connectivity index (χ1) is 22.5. The van der Waals surface area contributed by atoms with E-state index in [1.807, 2.05) is 6.92 Å². The van der Waals surface area contributed by atoms with Gasteiger partial charge in [0.25, 0.3) is 5.97 Å². The maximum atomic E-state index is 6.48. The molecule has 1 fully saturated rings. The zero-order valence-electron chi connectivity index (χ0n) is 31.5. The van der Waals surface area contributed by atoms with Crippen LogP contribution in [0.1, 0.15) is 195 Å². The van der Waals surface area contributed by atoms with Crippen molar-refractivity contribution in [3.8, 4) is 0 Å². The molecule has 3 unspecified atom stereocenters. The summed E-state index contributed by atoms with van der Waals surface area (Å²) in [5.74, 6) is -0.363. The largest absolute Gasteiger partial charge is 0.327 e. The highest BCUT2D eigenvalue weighted by Gasteiger charge is 2.44. The van der Waals surface area contributed by atoms with Gasteiger partial charge in [0.05, 0.1) is 18.8 Å². The lowest BCUT2D eigenvalue weighted by molar-refractivity contribution is -0.333. The Morgan fingerprint density at radius 3 is 1.28 bits per heavy atom. The first kappa shape index (κ1) is 42.9. The first-order valence-corrected chi connectivity index (χ1v) is 20.1. The molecule has 0 aromatic heterocycles. The maximum Gasteiger partial charge on any atom is 0.280 e. The minimum Gasteiger partial charge on any atom is -0.327 e. The van der Waals surface area contributed by atoms with Gasteiger partial charge in [0.1, 0.15) is 0 Å². The summed E-state index contributed by atoms with van der Waals surface area (Å²) < 4.78 is 19.2. The Labute approximate surface area is 288 Å². The average molecular weight is 643 g/mol. The van der Waals surface area contributed by atoms with Crippen LogP contribution < -0.4 is 0 Å². The second kappa shape index (κ2) is 31.1. The van der Waals surface area contributed by atoms with E-state index >= 15 is 0 Å². The zero-order chi connectivity index (χ0) is 33.4. The summed E-state index contributed by atoms with van der Waals surface area (Å²) in [6, 6.07) is 0. The van der Waals surface area contributed by atoms with Gasteiger partial charge in [0.15, 0.2) is 0 Å². The summed E-state index contributed by atoms with van der Waals surface area (Å²) in [5, 5.41) is 0. The van der Waals surface area contributed by atoms with Crippen LogP contribution in [0.25, 0.3) is 0 Å². The van der Waals surface area contributed by atoms with Crippen molar-refractivity contribution < 1.29 is 14.2 Å². The first-order valence-electron chi connectivity index (χ1n) is 20.1. The molecule has 0 radical (unpaired) electrons. The molecule has 1 saturated heterocycles. The van der Waals surface area contributed by atoms with Crippen LogP contribution in [0.5, 0.6) is 0 Å². The van der Waals surface area contributed by atoms with Gasteiger partial charge in [-0.3, -0.25) is 0 Å². The smallest absolute Gasteiger partial charge is 0.280 e. The summed E-state index contributed by atoms with van der Waals surface area (Å²) in [7, 11) is 0. The van der Waals surface area contributed by atoms with Crippen LogP contribution in [0, 0.1) is 5.92 Å². The number of ether oxygens (including phenoxy) is 3. The highest BCUT2D eigenvalue weighted by molar-refractivity contribution is 4.93. The Morgan fingerprint density at radius 2 is 0.891 bits per heavy atom. The molecule has 3 nitrogen and oxygen atoms in total. The van der Waals surface area contributed by atoms with Crippen LogP contribution >= 0.6 is 0 Å². The number of hydrogen-bond donors (Lipinski definition) is 0. The number of unbranched alkanes of at least 4 members (excludes halogenated alkanes) is 16. The van der Waals surface area contributed by atoms with Gasteiger partial charge in [-0.05, 0) is 83.0 Å². The fraction of sp³-hybridized carbons (Fsp3) is 0.814. The molecule has 0 spiro atoms. The molecule has 0 bridgehead atoms. The van der Waals surface area contributed by atoms with Gasteiger partial charge in [-0.2, -0.15) is 0 Å². The summed E-state index contributed by atoms with van der Waals surface area (Å²) in [6.45, 7) is 11.7. The minimum atomic E-state index is -0.882. The molecule has 1 aliphatic heterocycles. The van der Waals surface area contributed by atoms with E-state index in [1.54, 1.807) is 0 Å². The fourth-order valence-corrected chi connectivity index (χ4v) is 6.01. The Balaban J connectivity index is 2.24. The Bertz CT molecular complexity index is 712. The predicted molar refractivity (Wildman–Crippen MR) is 202 cm³/mol. The van der Waals surface area contributed by atoms with Gasteiger partial charge in [0.2, 0.25) is 0 Å². The van der Waals surface area contributed by atoms with Gasteiger partial charge in [0, 0.05) is 6.92 Å². The van der Waals surface area contributed by atoms with E-state index in [2.05, 4.69) is 76.3 Å².